The fraction of sp³-hybridized carbons (Fsp3) is 0.500. The maximum Gasteiger partial charge on any atom is 0.313 e. The van der Waals surface area contributed by atoms with Crippen LogP contribution in [0.3, 0.4) is 0 Å². The van der Waals surface area contributed by atoms with Gasteiger partial charge in [-0.15, -0.1) is 0 Å². The van der Waals surface area contributed by atoms with Gasteiger partial charge < -0.3 is 14.9 Å². The molecular weight excluding hydrogens is 342 g/mol. The Kier molecular flexibility index (Phi) is 4.25. The minimum Gasteiger partial charge on any atom is -0.481 e. The Morgan fingerprint density at radius 1 is 1.29 bits per heavy atom. The summed E-state index contributed by atoms with van der Waals surface area (Å²) in [5.74, 6) is -3.97. The minimum absolute atomic E-state index is 0.0332. The van der Waals surface area contributed by atoms with Crippen LogP contribution in [0.2, 0.25) is 5.02 Å². The van der Waals surface area contributed by atoms with E-state index in [-0.39, 0.29) is 29.6 Å². The lowest BCUT2D eigenvalue weighted by Crippen LogP contribution is -2.52. The number of carboxylic acid groups (broad SMARTS) is 1. The van der Waals surface area contributed by atoms with E-state index in [0.29, 0.717) is 13.0 Å². The number of likely N-dealkylation sites (tertiary alicyclic amines) is 2. The molecule has 5 nitrogen and oxygen atoms in total. The molecule has 2 saturated heterocycles. The average Bonchev–Trinajstić information content (AvgIpc) is 2.90. The van der Waals surface area contributed by atoms with Crippen LogP contribution in [0, 0.1) is 23.0 Å². The number of fused-ring (bicyclic) bond motifs is 1. The first-order valence-electron chi connectivity index (χ1n) is 7.60. The fourth-order valence-corrected chi connectivity index (χ4v) is 4.01. The summed E-state index contributed by atoms with van der Waals surface area (Å²) in [4.78, 5) is 27.9. The van der Waals surface area contributed by atoms with Crippen molar-refractivity contribution in [2.24, 2.45) is 11.3 Å². The summed E-state index contributed by atoms with van der Waals surface area (Å²) >= 11 is 5.87. The highest BCUT2D eigenvalue weighted by Crippen LogP contribution is 2.42. The Morgan fingerprint density at radius 2 is 1.96 bits per heavy atom. The molecule has 0 aliphatic carbocycles. The van der Waals surface area contributed by atoms with E-state index in [1.54, 1.807) is 0 Å². The largest absolute Gasteiger partial charge is 0.481 e. The molecule has 2 unspecified atom stereocenters. The first-order valence-corrected chi connectivity index (χ1v) is 7.98. The molecule has 1 aromatic carbocycles. The fourth-order valence-electron chi connectivity index (χ4n) is 3.78. The molecule has 0 bridgehead atoms. The third-order valence-electron chi connectivity index (χ3n) is 5.06. The number of carboxylic acids is 1. The highest BCUT2D eigenvalue weighted by Gasteiger charge is 2.55. The Bertz CT molecular complexity index is 715. The number of carbonyl (C=O) groups excluding carboxylic acids is 1. The van der Waals surface area contributed by atoms with Crippen LogP contribution in [0.1, 0.15) is 16.8 Å². The molecular formula is C16H17ClF2N2O3. The molecule has 1 amide bonds. The van der Waals surface area contributed by atoms with Crippen molar-refractivity contribution in [3.63, 3.8) is 0 Å². The van der Waals surface area contributed by atoms with Gasteiger partial charge in [-0.25, -0.2) is 8.78 Å². The van der Waals surface area contributed by atoms with Crippen molar-refractivity contribution in [3.05, 3.63) is 34.4 Å². The number of hydrogen-bond donors (Lipinski definition) is 1. The van der Waals surface area contributed by atoms with Gasteiger partial charge in [-0.1, -0.05) is 11.6 Å². The molecule has 2 heterocycles. The molecule has 2 aliphatic heterocycles. The van der Waals surface area contributed by atoms with E-state index in [2.05, 4.69) is 0 Å². The number of carbonyl (C=O) groups is 2. The topological polar surface area (TPSA) is 60.9 Å². The summed E-state index contributed by atoms with van der Waals surface area (Å²) in [6.45, 7) is 1.41. The van der Waals surface area contributed by atoms with Crippen LogP contribution in [0.25, 0.3) is 0 Å². The summed E-state index contributed by atoms with van der Waals surface area (Å²) < 4.78 is 26.6. The van der Waals surface area contributed by atoms with Crippen LogP contribution in [-0.2, 0) is 4.79 Å². The summed E-state index contributed by atoms with van der Waals surface area (Å²) in [6.07, 6.45) is 0.665. The lowest BCUT2D eigenvalue weighted by molar-refractivity contribution is -0.153. The van der Waals surface area contributed by atoms with Crippen LogP contribution in [0.5, 0.6) is 0 Å². The van der Waals surface area contributed by atoms with Crippen LogP contribution in [0.15, 0.2) is 12.1 Å². The molecule has 0 radical (unpaired) electrons. The van der Waals surface area contributed by atoms with Crippen molar-refractivity contribution in [3.8, 4) is 0 Å². The van der Waals surface area contributed by atoms with Gasteiger partial charge in [0, 0.05) is 19.6 Å². The first kappa shape index (κ1) is 17.1. The Hall–Kier alpha value is -1.73. The predicted octanol–water partition coefficient (Wildman–Crippen LogP) is 2.10. The zero-order chi connectivity index (χ0) is 17.6. The average molecular weight is 359 g/mol. The van der Waals surface area contributed by atoms with E-state index >= 15 is 0 Å². The van der Waals surface area contributed by atoms with Crippen molar-refractivity contribution in [2.75, 3.05) is 33.2 Å². The van der Waals surface area contributed by atoms with E-state index in [0.717, 1.165) is 18.7 Å². The van der Waals surface area contributed by atoms with Gasteiger partial charge in [0.1, 0.15) is 5.41 Å². The second-order valence-electron chi connectivity index (χ2n) is 6.62. The van der Waals surface area contributed by atoms with Gasteiger partial charge in [0.25, 0.3) is 5.91 Å². The maximum atomic E-state index is 13.5. The standard InChI is InChI=1S/C16H17ClF2N2O3/c1-20-3-2-9-6-21(8-16(9,7-20)15(23)24)14(22)10-4-12(18)13(19)5-11(10)17/h4-5,9H,2-3,6-8H2,1H3,(H,23,24). The molecule has 8 heteroatoms. The molecule has 1 N–H and O–H groups in total. The van der Waals surface area contributed by atoms with Gasteiger partial charge >= 0.3 is 5.97 Å². The van der Waals surface area contributed by atoms with Crippen LogP contribution < -0.4 is 0 Å². The zero-order valence-electron chi connectivity index (χ0n) is 13.1. The Balaban J connectivity index is 1.90. The van der Waals surface area contributed by atoms with Gasteiger partial charge in [-0.3, -0.25) is 9.59 Å². The number of aliphatic carboxylic acids is 1. The third kappa shape index (κ3) is 2.65. The van der Waals surface area contributed by atoms with Gasteiger partial charge in [0.2, 0.25) is 0 Å². The molecule has 2 atom stereocenters. The van der Waals surface area contributed by atoms with Gasteiger partial charge in [-0.05, 0) is 38.1 Å². The lowest BCUT2D eigenvalue weighted by Gasteiger charge is -2.39. The van der Waals surface area contributed by atoms with Crippen molar-refractivity contribution in [2.45, 2.75) is 6.42 Å². The van der Waals surface area contributed by atoms with Crippen molar-refractivity contribution >= 4 is 23.5 Å². The van der Waals surface area contributed by atoms with E-state index in [4.69, 9.17) is 11.6 Å². The molecule has 3 rings (SSSR count). The number of hydrogen-bond acceptors (Lipinski definition) is 3. The van der Waals surface area contributed by atoms with Crippen LogP contribution in [-0.4, -0.2) is 60.0 Å². The third-order valence-corrected chi connectivity index (χ3v) is 5.37. The monoisotopic (exact) mass is 358 g/mol. The summed E-state index contributed by atoms with van der Waals surface area (Å²) in [5.41, 5.74) is -1.18. The number of benzene rings is 1. The highest BCUT2D eigenvalue weighted by atomic mass is 35.5. The van der Waals surface area contributed by atoms with E-state index in [1.165, 1.54) is 4.90 Å². The zero-order valence-corrected chi connectivity index (χ0v) is 13.8. The number of amides is 1. The highest BCUT2D eigenvalue weighted by molar-refractivity contribution is 6.33. The van der Waals surface area contributed by atoms with E-state index in [1.807, 2.05) is 11.9 Å². The quantitative estimate of drug-likeness (QED) is 0.822. The molecule has 1 aromatic rings. The molecule has 0 aromatic heterocycles. The van der Waals surface area contributed by atoms with E-state index < -0.39 is 28.9 Å². The molecule has 0 saturated carbocycles. The minimum atomic E-state index is -1.16. The SMILES string of the molecule is CN1CCC2CN(C(=O)c3cc(F)c(F)cc3Cl)CC2(C(=O)O)C1. The molecule has 130 valence electrons. The van der Waals surface area contributed by atoms with Gasteiger partial charge in [-0.2, -0.15) is 0 Å². The number of nitrogens with zero attached hydrogens (tertiary/aromatic N) is 2. The second-order valence-corrected chi connectivity index (χ2v) is 7.02. The lowest BCUT2D eigenvalue weighted by atomic mass is 9.73. The maximum absolute atomic E-state index is 13.5. The summed E-state index contributed by atoms with van der Waals surface area (Å²) in [7, 11) is 1.84. The van der Waals surface area contributed by atoms with Crippen LogP contribution >= 0.6 is 11.6 Å². The molecule has 2 aliphatic rings. The molecule has 24 heavy (non-hydrogen) atoms. The molecule has 0 spiro atoms. The van der Waals surface area contributed by atoms with Crippen molar-refractivity contribution in [1.29, 1.82) is 0 Å². The van der Waals surface area contributed by atoms with Crippen molar-refractivity contribution in [1.82, 2.24) is 9.80 Å². The van der Waals surface area contributed by atoms with Gasteiger partial charge in [0.05, 0.1) is 10.6 Å². The number of rotatable bonds is 2. The summed E-state index contributed by atoms with van der Waals surface area (Å²) in [6, 6.07) is 1.52. The normalized spacial score (nSPS) is 27.2. The smallest absolute Gasteiger partial charge is 0.313 e. The number of halogens is 3. The number of piperidine rings is 1. The predicted molar refractivity (Wildman–Crippen MR) is 82.9 cm³/mol. The Morgan fingerprint density at radius 3 is 2.62 bits per heavy atom. The first-order chi connectivity index (χ1) is 11.2. The Labute approximate surface area is 142 Å². The second kappa shape index (κ2) is 5.97. The summed E-state index contributed by atoms with van der Waals surface area (Å²) in [5, 5.41) is 9.54. The van der Waals surface area contributed by atoms with E-state index in [9.17, 15) is 23.5 Å². The molecule has 2 fully saturated rings. The van der Waals surface area contributed by atoms with Crippen LogP contribution in [0.4, 0.5) is 8.78 Å². The van der Waals surface area contributed by atoms with Gasteiger partial charge in [0.15, 0.2) is 11.6 Å². The van der Waals surface area contributed by atoms with Crippen molar-refractivity contribution < 1.29 is 23.5 Å².